The Morgan fingerprint density at radius 1 is 0.348 bits per heavy atom. The number of hydrogen-bond acceptors (Lipinski definition) is 1. The minimum absolute atomic E-state index is 0.137. The first-order chi connectivity index (χ1) is 22.7. The Morgan fingerprint density at radius 3 is 1.17 bits per heavy atom. The first kappa shape index (κ1) is 27.7. The monoisotopic (exact) mass is 715 g/mol. The molecule has 0 bridgehead atoms. The Morgan fingerprint density at radius 2 is 0.717 bits per heavy atom. The Labute approximate surface area is 285 Å². The van der Waals surface area contributed by atoms with Crippen LogP contribution in [0.2, 0.25) is 0 Å². The number of aromatic nitrogens is 1. The summed E-state index contributed by atoms with van der Waals surface area (Å²) in [5.41, 5.74) is 17.5. The highest BCUT2D eigenvalue weighted by Crippen LogP contribution is 2.53. The predicted molar refractivity (Wildman–Crippen MR) is 196 cm³/mol. The van der Waals surface area contributed by atoms with Crippen LogP contribution in [0.3, 0.4) is 0 Å². The van der Waals surface area contributed by atoms with Crippen molar-refractivity contribution in [2.75, 3.05) is 0 Å². The average molecular weight is 718 g/mol. The van der Waals surface area contributed by atoms with Crippen LogP contribution in [0.5, 0.6) is 0 Å². The van der Waals surface area contributed by atoms with Crippen LogP contribution >= 0.6 is 31.9 Å². The molecular formula is C43H27Br2N. The second-order valence-electron chi connectivity index (χ2n) is 12.1. The van der Waals surface area contributed by atoms with Gasteiger partial charge in [-0.15, -0.1) is 0 Å². The van der Waals surface area contributed by atoms with E-state index in [1.165, 1.54) is 66.8 Å². The summed E-state index contributed by atoms with van der Waals surface area (Å²) in [4.78, 5) is 5.46. The molecule has 1 nitrogen and oxygen atoms in total. The van der Waals surface area contributed by atoms with E-state index in [2.05, 4.69) is 184 Å². The molecule has 1 heterocycles. The Balaban J connectivity index is 1.22. The molecule has 0 fully saturated rings. The van der Waals surface area contributed by atoms with Gasteiger partial charge in [0.15, 0.2) is 0 Å². The highest BCUT2D eigenvalue weighted by atomic mass is 79.9. The van der Waals surface area contributed by atoms with Crippen molar-refractivity contribution >= 4 is 31.9 Å². The number of nitrogens with zero attached hydrogens (tertiary/aromatic N) is 1. The Kier molecular flexibility index (Phi) is 6.66. The van der Waals surface area contributed by atoms with E-state index in [-0.39, 0.29) is 11.8 Å². The molecule has 0 amide bonds. The maximum absolute atomic E-state index is 5.46. The highest BCUT2D eigenvalue weighted by Gasteiger charge is 2.34. The van der Waals surface area contributed by atoms with Gasteiger partial charge in [-0.25, -0.2) is 4.98 Å². The van der Waals surface area contributed by atoms with Gasteiger partial charge in [0, 0.05) is 31.9 Å². The molecule has 6 aromatic carbocycles. The third-order valence-corrected chi connectivity index (χ3v) is 10.7. The maximum Gasteiger partial charge on any atom is 0.0712 e. The fourth-order valence-electron chi connectivity index (χ4n) is 7.71. The number of fused-ring (bicyclic) bond motifs is 6. The summed E-state index contributed by atoms with van der Waals surface area (Å²) in [6.07, 6.45) is 0. The largest absolute Gasteiger partial charge is 0.248 e. The lowest BCUT2D eigenvalue weighted by molar-refractivity contribution is 1.01. The first-order valence-corrected chi connectivity index (χ1v) is 17.2. The van der Waals surface area contributed by atoms with Crippen molar-refractivity contribution in [3.05, 3.63) is 194 Å². The number of rotatable bonds is 4. The van der Waals surface area contributed by atoms with Crippen LogP contribution in [0.4, 0.5) is 0 Å². The molecule has 3 heteroatoms. The van der Waals surface area contributed by atoms with Gasteiger partial charge in [-0.3, -0.25) is 0 Å². The zero-order valence-corrected chi connectivity index (χ0v) is 28.0. The summed E-state index contributed by atoms with van der Waals surface area (Å²) in [6.45, 7) is 0. The second-order valence-corrected chi connectivity index (χ2v) is 13.9. The summed E-state index contributed by atoms with van der Waals surface area (Å²) < 4.78 is 2.17. The molecule has 2 unspecified atom stereocenters. The highest BCUT2D eigenvalue weighted by molar-refractivity contribution is 9.10. The van der Waals surface area contributed by atoms with E-state index in [0.29, 0.717) is 0 Å². The van der Waals surface area contributed by atoms with Crippen molar-refractivity contribution in [2.45, 2.75) is 11.8 Å². The lowest BCUT2D eigenvalue weighted by Gasteiger charge is -2.20. The van der Waals surface area contributed by atoms with Gasteiger partial charge in [0.25, 0.3) is 0 Å². The summed E-state index contributed by atoms with van der Waals surface area (Å²) >= 11 is 7.28. The van der Waals surface area contributed by atoms with Crippen LogP contribution < -0.4 is 0 Å². The number of hydrogen-bond donors (Lipinski definition) is 0. The van der Waals surface area contributed by atoms with Crippen molar-refractivity contribution in [1.82, 2.24) is 4.98 Å². The van der Waals surface area contributed by atoms with Crippen molar-refractivity contribution < 1.29 is 0 Å². The summed E-state index contributed by atoms with van der Waals surface area (Å²) in [5, 5.41) is 0. The van der Waals surface area contributed by atoms with Crippen molar-refractivity contribution in [3.8, 4) is 44.8 Å². The average Bonchev–Trinajstić information content (AvgIpc) is 3.63. The molecule has 0 radical (unpaired) electrons. The van der Waals surface area contributed by atoms with Gasteiger partial charge in [0.2, 0.25) is 0 Å². The van der Waals surface area contributed by atoms with E-state index in [1.54, 1.807) is 0 Å². The molecule has 2 aliphatic rings. The van der Waals surface area contributed by atoms with Crippen molar-refractivity contribution in [3.63, 3.8) is 0 Å². The summed E-state index contributed by atoms with van der Waals surface area (Å²) in [5.74, 6) is 0.274. The first-order valence-electron chi connectivity index (χ1n) is 15.6. The minimum Gasteiger partial charge on any atom is -0.248 e. The van der Waals surface area contributed by atoms with Crippen LogP contribution in [0.1, 0.15) is 45.2 Å². The molecule has 0 N–H and O–H groups in total. The van der Waals surface area contributed by atoms with Crippen LogP contribution in [0.25, 0.3) is 44.8 Å². The van der Waals surface area contributed by atoms with E-state index in [0.717, 1.165) is 20.3 Å². The minimum atomic E-state index is 0.137. The van der Waals surface area contributed by atoms with E-state index < -0.39 is 0 Å². The fraction of sp³-hybridized carbons (Fsp3) is 0.0465. The van der Waals surface area contributed by atoms with E-state index >= 15 is 0 Å². The molecule has 218 valence electrons. The molecule has 0 aliphatic heterocycles. The van der Waals surface area contributed by atoms with Gasteiger partial charge >= 0.3 is 0 Å². The van der Waals surface area contributed by atoms with Gasteiger partial charge in [-0.2, -0.15) is 0 Å². The topological polar surface area (TPSA) is 12.9 Å². The zero-order chi connectivity index (χ0) is 30.8. The van der Waals surface area contributed by atoms with Crippen LogP contribution in [-0.4, -0.2) is 4.98 Å². The standard InChI is InChI=1S/C43H27Br2N/c44-28-22-18-26(19-23-28)40-32-10-3-1-8-30(32)34-12-5-14-36(42(34)40)38-16-7-17-39(46-38)37-15-6-13-35-31-9-2-4-11-33(31)41(43(35)37)27-20-24-29(45)25-21-27/h1-25,40-41H. The zero-order valence-electron chi connectivity index (χ0n) is 24.8. The van der Waals surface area contributed by atoms with E-state index in [4.69, 9.17) is 4.98 Å². The third-order valence-electron chi connectivity index (χ3n) is 9.62. The molecule has 46 heavy (non-hydrogen) atoms. The molecule has 0 spiro atoms. The molecule has 9 rings (SSSR count). The molecular weight excluding hydrogens is 690 g/mol. The molecule has 2 atom stereocenters. The molecule has 0 saturated heterocycles. The SMILES string of the molecule is Brc1ccc(C2c3ccccc3-c3cccc(-c4cccc(-c5cccc6c5C(c5ccc(Br)cc5)c5ccccc5-6)n4)c32)cc1. The summed E-state index contributed by atoms with van der Waals surface area (Å²) in [7, 11) is 0. The molecule has 7 aromatic rings. The van der Waals surface area contributed by atoms with Crippen molar-refractivity contribution in [2.24, 2.45) is 0 Å². The second kappa shape index (κ2) is 11.0. The maximum atomic E-state index is 5.46. The van der Waals surface area contributed by atoms with E-state index in [9.17, 15) is 0 Å². The normalized spacial score (nSPS) is 15.6. The predicted octanol–water partition coefficient (Wildman–Crippen LogP) is 12.3. The Bertz CT molecular complexity index is 2130. The number of pyridine rings is 1. The van der Waals surface area contributed by atoms with Gasteiger partial charge in [-0.1, -0.05) is 147 Å². The van der Waals surface area contributed by atoms with Crippen molar-refractivity contribution in [1.29, 1.82) is 0 Å². The Hall–Kier alpha value is -4.57. The quantitative estimate of drug-likeness (QED) is 0.177. The number of halogens is 2. The molecule has 2 aliphatic carbocycles. The third kappa shape index (κ3) is 4.37. The van der Waals surface area contributed by atoms with Crippen LogP contribution in [0.15, 0.2) is 161 Å². The molecule has 0 saturated carbocycles. The van der Waals surface area contributed by atoms with Gasteiger partial charge in [0.05, 0.1) is 11.4 Å². The summed E-state index contributed by atoms with van der Waals surface area (Å²) in [6, 6.07) is 55.2. The van der Waals surface area contributed by atoms with Gasteiger partial charge < -0.3 is 0 Å². The molecule has 1 aromatic heterocycles. The number of benzene rings is 6. The fourth-order valence-corrected chi connectivity index (χ4v) is 8.23. The smallest absolute Gasteiger partial charge is 0.0712 e. The van der Waals surface area contributed by atoms with Crippen LogP contribution in [-0.2, 0) is 0 Å². The lowest BCUT2D eigenvalue weighted by atomic mass is 9.85. The van der Waals surface area contributed by atoms with Gasteiger partial charge in [0.1, 0.15) is 0 Å². The van der Waals surface area contributed by atoms with Crippen LogP contribution in [0, 0.1) is 0 Å². The lowest BCUT2D eigenvalue weighted by Crippen LogP contribution is -2.03. The van der Waals surface area contributed by atoms with E-state index in [1.807, 2.05) is 0 Å². The van der Waals surface area contributed by atoms with Gasteiger partial charge in [-0.05, 0) is 92.0 Å².